The number of ether oxygens (including phenoxy) is 2. The lowest BCUT2D eigenvalue weighted by Gasteiger charge is -2.66. The number of aliphatic hydroxyl groups excluding tert-OH is 2. The molecule has 4 rings (SSSR count). The van der Waals surface area contributed by atoms with E-state index in [0.29, 0.717) is 12.0 Å². The Bertz CT molecular complexity index is 921. The van der Waals surface area contributed by atoms with Crippen molar-refractivity contribution >= 4 is 23.5 Å². The van der Waals surface area contributed by atoms with Gasteiger partial charge in [-0.2, -0.15) is 0 Å². The Kier molecular flexibility index (Phi) is 5.03. The Morgan fingerprint density at radius 2 is 1.59 bits per heavy atom. The highest BCUT2D eigenvalue weighted by Crippen LogP contribution is 2.71. The minimum absolute atomic E-state index is 0.0173. The van der Waals surface area contributed by atoms with Crippen LogP contribution in [0.1, 0.15) is 53.9 Å². The lowest BCUT2D eigenvalue weighted by molar-refractivity contribution is -0.259. The summed E-state index contributed by atoms with van der Waals surface area (Å²) < 4.78 is 11.3. The van der Waals surface area contributed by atoms with Gasteiger partial charge < -0.3 is 19.7 Å². The van der Waals surface area contributed by atoms with Gasteiger partial charge in [0, 0.05) is 42.9 Å². The molecule has 2 N–H and O–H groups in total. The van der Waals surface area contributed by atoms with Gasteiger partial charge in [-0.05, 0) is 24.3 Å². The molecule has 9 atom stereocenters. The second kappa shape index (κ2) is 6.97. The molecule has 1 spiro atoms. The van der Waals surface area contributed by atoms with Crippen molar-refractivity contribution in [1.82, 2.24) is 0 Å². The van der Waals surface area contributed by atoms with Crippen LogP contribution in [0, 0.1) is 34.0 Å². The Balaban J connectivity index is 2.02. The first kappa shape index (κ1) is 23.1. The molecule has 8 heteroatoms. The number of esters is 2. The Morgan fingerprint density at radius 1 is 1.00 bits per heavy atom. The summed E-state index contributed by atoms with van der Waals surface area (Å²) in [5.41, 5.74) is -3.29. The minimum Gasteiger partial charge on any atom is -0.462 e. The number of hydrogen-bond donors (Lipinski definition) is 2. The van der Waals surface area contributed by atoms with Crippen molar-refractivity contribution in [3.05, 3.63) is 12.2 Å². The molecule has 8 nitrogen and oxygen atoms in total. The van der Waals surface area contributed by atoms with Gasteiger partial charge in [0.15, 0.2) is 17.7 Å². The average Bonchev–Trinajstić information content (AvgIpc) is 2.85. The van der Waals surface area contributed by atoms with E-state index in [0.717, 1.165) is 0 Å². The van der Waals surface area contributed by atoms with E-state index in [1.165, 1.54) is 13.8 Å². The third-order valence-corrected chi connectivity index (χ3v) is 8.91. The quantitative estimate of drug-likeness (QED) is 0.479. The van der Waals surface area contributed by atoms with Crippen LogP contribution in [0.4, 0.5) is 0 Å². The summed E-state index contributed by atoms with van der Waals surface area (Å²) in [4.78, 5) is 51.9. The van der Waals surface area contributed by atoms with Crippen molar-refractivity contribution < 1.29 is 38.9 Å². The number of carbonyl (C=O) groups is 4. The fourth-order valence-electron chi connectivity index (χ4n) is 7.77. The number of fused-ring (bicyclic) bond motifs is 3. The van der Waals surface area contributed by atoms with Crippen molar-refractivity contribution in [3.8, 4) is 0 Å². The van der Waals surface area contributed by atoms with Crippen LogP contribution < -0.4 is 0 Å². The summed E-state index contributed by atoms with van der Waals surface area (Å²) >= 11 is 0. The van der Waals surface area contributed by atoms with Gasteiger partial charge in [0.1, 0.15) is 6.10 Å². The smallest absolute Gasteiger partial charge is 0.303 e. The maximum atomic E-state index is 14.0. The number of Topliss-reactive ketones (excluding diaryl/α,β-unsaturated/α-hetero) is 2. The number of aliphatic hydroxyl groups is 2. The summed E-state index contributed by atoms with van der Waals surface area (Å²) in [6.07, 6.45) is -3.67. The highest BCUT2D eigenvalue weighted by Gasteiger charge is 2.79. The second-order valence-corrected chi connectivity index (χ2v) is 10.9. The fourth-order valence-corrected chi connectivity index (χ4v) is 7.77. The first-order valence-corrected chi connectivity index (χ1v) is 11.2. The zero-order chi connectivity index (χ0) is 24.0. The van der Waals surface area contributed by atoms with E-state index >= 15 is 0 Å². The van der Waals surface area contributed by atoms with Gasteiger partial charge in [-0.1, -0.05) is 27.4 Å². The van der Waals surface area contributed by atoms with E-state index in [1.54, 1.807) is 20.8 Å². The SMILES string of the molecule is C=C1C(=O)[C@]23C[C@H]1C[C@H](OC(C)=O)[C@H]2[C@@]1(C)[C@H](C(=O)[C@@H]3OC(C)=O)C(C)(C)[C@@H](O)C[C@@H]1O. The van der Waals surface area contributed by atoms with Gasteiger partial charge >= 0.3 is 11.9 Å². The fraction of sp³-hybridized carbons (Fsp3) is 0.750. The summed E-state index contributed by atoms with van der Waals surface area (Å²) in [6, 6.07) is 0. The van der Waals surface area contributed by atoms with Crippen molar-refractivity contribution in [2.24, 2.45) is 34.0 Å². The molecular weight excluding hydrogens is 416 g/mol. The van der Waals surface area contributed by atoms with Crippen LogP contribution in [0.25, 0.3) is 0 Å². The van der Waals surface area contributed by atoms with Crippen LogP contribution in [0.5, 0.6) is 0 Å². The van der Waals surface area contributed by atoms with Crippen molar-refractivity contribution in [2.45, 2.75) is 78.3 Å². The van der Waals surface area contributed by atoms with Crippen LogP contribution in [0.2, 0.25) is 0 Å². The molecule has 4 fully saturated rings. The van der Waals surface area contributed by atoms with E-state index in [9.17, 15) is 29.4 Å². The standard InChI is InChI=1S/C24H32O8/c1-10-13-7-14(31-11(2)25)18-23(6)16(28)8-15(27)22(4,5)19(23)17(29)21(32-12(3)26)24(18,9-13)20(10)30/h13-16,18-19,21,27-28H,1,7-9H2,2-6H3/t13-,14+,15+,16+,18+,19-,21+,23+,24+/m1/s1. The maximum Gasteiger partial charge on any atom is 0.303 e. The van der Waals surface area contributed by atoms with Crippen LogP contribution in [0.15, 0.2) is 12.2 Å². The van der Waals surface area contributed by atoms with E-state index in [1.807, 2.05) is 0 Å². The Hall–Kier alpha value is -2.06. The molecule has 4 aliphatic rings. The van der Waals surface area contributed by atoms with Crippen LogP contribution >= 0.6 is 0 Å². The van der Waals surface area contributed by atoms with E-state index in [2.05, 4.69) is 6.58 Å². The molecule has 176 valence electrons. The third kappa shape index (κ3) is 2.68. The number of ketones is 2. The number of rotatable bonds is 2. The van der Waals surface area contributed by atoms with Gasteiger partial charge in [-0.15, -0.1) is 0 Å². The third-order valence-electron chi connectivity index (χ3n) is 8.91. The normalized spacial score (nSPS) is 46.8. The van der Waals surface area contributed by atoms with Crippen molar-refractivity contribution in [3.63, 3.8) is 0 Å². The molecule has 0 aliphatic heterocycles. The van der Waals surface area contributed by atoms with E-state index in [-0.39, 0.29) is 24.5 Å². The largest absolute Gasteiger partial charge is 0.462 e. The minimum atomic E-state index is -1.46. The number of allylic oxidation sites excluding steroid dienone is 1. The van der Waals surface area contributed by atoms with Crippen LogP contribution in [-0.4, -0.2) is 58.1 Å². The molecule has 0 unspecified atom stereocenters. The summed E-state index contributed by atoms with van der Waals surface area (Å²) in [5.74, 6) is -4.10. The summed E-state index contributed by atoms with van der Waals surface area (Å²) in [7, 11) is 0. The van der Waals surface area contributed by atoms with Crippen LogP contribution in [-0.2, 0) is 28.7 Å². The molecule has 0 amide bonds. The first-order chi connectivity index (χ1) is 14.7. The zero-order valence-corrected chi connectivity index (χ0v) is 19.2. The predicted octanol–water partition coefficient (Wildman–Crippen LogP) is 1.36. The molecule has 0 aromatic carbocycles. The van der Waals surface area contributed by atoms with Gasteiger partial charge in [0.25, 0.3) is 0 Å². The van der Waals surface area contributed by atoms with Crippen molar-refractivity contribution in [2.75, 3.05) is 0 Å². The molecule has 0 aromatic heterocycles. The molecule has 32 heavy (non-hydrogen) atoms. The van der Waals surface area contributed by atoms with E-state index < -0.39 is 70.2 Å². The molecule has 0 aromatic rings. The monoisotopic (exact) mass is 448 g/mol. The highest BCUT2D eigenvalue weighted by molar-refractivity contribution is 6.08. The molecule has 0 saturated heterocycles. The summed E-state index contributed by atoms with van der Waals surface area (Å²) in [6.45, 7) is 11.7. The van der Waals surface area contributed by atoms with Crippen molar-refractivity contribution in [1.29, 1.82) is 0 Å². The maximum absolute atomic E-state index is 14.0. The lowest BCUT2D eigenvalue weighted by atomic mass is 9.38. The van der Waals surface area contributed by atoms with Gasteiger partial charge in [0.05, 0.1) is 17.6 Å². The lowest BCUT2D eigenvalue weighted by Crippen LogP contribution is -2.75. The topological polar surface area (TPSA) is 127 Å². The first-order valence-electron chi connectivity index (χ1n) is 11.2. The molecule has 4 aliphatic carbocycles. The zero-order valence-electron chi connectivity index (χ0n) is 19.2. The number of carbonyl (C=O) groups excluding carboxylic acids is 4. The Labute approximate surface area is 187 Å². The second-order valence-electron chi connectivity index (χ2n) is 10.9. The molecule has 4 saturated carbocycles. The van der Waals surface area contributed by atoms with E-state index in [4.69, 9.17) is 9.47 Å². The van der Waals surface area contributed by atoms with Gasteiger partial charge in [-0.3, -0.25) is 19.2 Å². The molecule has 2 bridgehead atoms. The summed E-state index contributed by atoms with van der Waals surface area (Å²) in [5, 5.41) is 22.1. The Morgan fingerprint density at radius 3 is 2.16 bits per heavy atom. The number of hydrogen-bond acceptors (Lipinski definition) is 8. The molecule has 0 radical (unpaired) electrons. The highest BCUT2D eigenvalue weighted by atomic mass is 16.6. The van der Waals surface area contributed by atoms with Gasteiger partial charge in [0.2, 0.25) is 0 Å². The average molecular weight is 449 g/mol. The van der Waals surface area contributed by atoms with Gasteiger partial charge in [-0.25, -0.2) is 0 Å². The van der Waals surface area contributed by atoms with Crippen LogP contribution in [0.3, 0.4) is 0 Å². The predicted molar refractivity (Wildman–Crippen MR) is 111 cm³/mol. The molecular formula is C24H32O8. The molecule has 0 heterocycles.